The smallest absolute Gasteiger partial charge is 0.255 e. The number of pyridine rings is 1. The molecule has 28 heavy (non-hydrogen) atoms. The molecular formula is C22H29N3O2S. The van der Waals surface area contributed by atoms with Crippen molar-refractivity contribution in [3.63, 3.8) is 0 Å². The molecule has 0 spiro atoms. The molecule has 2 aliphatic rings. The van der Waals surface area contributed by atoms with Gasteiger partial charge in [0, 0.05) is 56.3 Å². The number of hydrogen-bond acceptors (Lipinski definition) is 5. The highest BCUT2D eigenvalue weighted by Crippen LogP contribution is 2.31. The number of fused-ring (bicyclic) bond motifs is 1. The van der Waals surface area contributed by atoms with E-state index in [1.54, 1.807) is 18.4 Å². The first kappa shape index (κ1) is 19.6. The van der Waals surface area contributed by atoms with Crippen molar-refractivity contribution in [2.45, 2.75) is 51.8 Å². The summed E-state index contributed by atoms with van der Waals surface area (Å²) in [7, 11) is 1.74. The maximum atomic E-state index is 13.1. The summed E-state index contributed by atoms with van der Waals surface area (Å²) < 4.78 is 5.48. The van der Waals surface area contributed by atoms with Crippen molar-refractivity contribution < 1.29 is 9.53 Å². The van der Waals surface area contributed by atoms with Crippen LogP contribution in [-0.2, 0) is 30.7 Å². The molecular weight excluding hydrogens is 370 g/mol. The Hall–Kier alpha value is -1.76. The highest BCUT2D eigenvalue weighted by Gasteiger charge is 2.29. The van der Waals surface area contributed by atoms with Crippen LogP contribution in [0.1, 0.15) is 51.8 Å². The van der Waals surface area contributed by atoms with E-state index in [4.69, 9.17) is 4.74 Å². The standard InChI is InChI=1S/C22H29N3O2S/c1-3-16-6-7-17(23-11-16)12-24-10-8-19-20(15-28-21(19)14-24)22(26)25-9-4-5-18(13-25)27-2/h6-7,11,15,18H,3-5,8-10,12-14H2,1-2H3/t18-/m0/s1. The lowest BCUT2D eigenvalue weighted by Crippen LogP contribution is -2.43. The number of rotatable bonds is 5. The van der Waals surface area contributed by atoms with E-state index in [1.807, 2.05) is 11.1 Å². The van der Waals surface area contributed by atoms with Crippen LogP contribution in [0.3, 0.4) is 0 Å². The predicted molar refractivity (Wildman–Crippen MR) is 112 cm³/mol. The number of aromatic nitrogens is 1. The van der Waals surface area contributed by atoms with E-state index in [-0.39, 0.29) is 12.0 Å². The summed E-state index contributed by atoms with van der Waals surface area (Å²) in [6, 6.07) is 4.31. The molecule has 2 aromatic heterocycles. The van der Waals surface area contributed by atoms with Gasteiger partial charge in [-0.25, -0.2) is 0 Å². The van der Waals surface area contributed by atoms with Gasteiger partial charge in [-0.15, -0.1) is 11.3 Å². The van der Waals surface area contributed by atoms with Crippen molar-refractivity contribution in [3.05, 3.63) is 51.0 Å². The third-order valence-electron chi connectivity index (χ3n) is 5.93. The first-order valence-corrected chi connectivity index (χ1v) is 11.1. The fourth-order valence-electron chi connectivity index (χ4n) is 4.17. The van der Waals surface area contributed by atoms with Gasteiger partial charge in [0.05, 0.1) is 17.4 Å². The third kappa shape index (κ3) is 4.14. The molecule has 6 heteroatoms. The molecule has 0 N–H and O–H groups in total. The summed E-state index contributed by atoms with van der Waals surface area (Å²) in [6.45, 7) is 6.46. The van der Waals surface area contributed by atoms with Crippen LogP contribution in [0.15, 0.2) is 23.7 Å². The molecule has 4 rings (SSSR count). The number of amides is 1. The molecule has 0 unspecified atom stereocenters. The summed E-state index contributed by atoms with van der Waals surface area (Å²) in [5.74, 6) is 0.185. The van der Waals surface area contributed by atoms with Crippen LogP contribution in [0.4, 0.5) is 0 Å². The number of piperidine rings is 1. The average molecular weight is 400 g/mol. The minimum absolute atomic E-state index is 0.175. The quantitative estimate of drug-likeness (QED) is 0.772. The van der Waals surface area contributed by atoms with Crippen LogP contribution in [-0.4, -0.2) is 53.5 Å². The van der Waals surface area contributed by atoms with E-state index in [0.717, 1.165) is 63.1 Å². The van der Waals surface area contributed by atoms with Crippen molar-refractivity contribution in [2.75, 3.05) is 26.7 Å². The van der Waals surface area contributed by atoms with Gasteiger partial charge in [-0.2, -0.15) is 0 Å². The van der Waals surface area contributed by atoms with Crippen LogP contribution in [0.5, 0.6) is 0 Å². The molecule has 1 atom stereocenters. The molecule has 150 valence electrons. The Morgan fingerprint density at radius 3 is 3.00 bits per heavy atom. The fourth-order valence-corrected chi connectivity index (χ4v) is 5.28. The third-order valence-corrected chi connectivity index (χ3v) is 6.95. The first-order valence-electron chi connectivity index (χ1n) is 10.3. The van der Waals surface area contributed by atoms with E-state index < -0.39 is 0 Å². The van der Waals surface area contributed by atoms with Crippen LogP contribution >= 0.6 is 11.3 Å². The largest absolute Gasteiger partial charge is 0.380 e. The zero-order valence-electron chi connectivity index (χ0n) is 16.8. The molecule has 5 nitrogen and oxygen atoms in total. The van der Waals surface area contributed by atoms with E-state index in [0.29, 0.717) is 6.54 Å². The number of carbonyl (C=O) groups is 1. The molecule has 0 aliphatic carbocycles. The lowest BCUT2D eigenvalue weighted by molar-refractivity contribution is 0.0268. The Morgan fingerprint density at radius 2 is 2.25 bits per heavy atom. The van der Waals surface area contributed by atoms with Crippen LogP contribution in [0.25, 0.3) is 0 Å². The number of ether oxygens (including phenoxy) is 1. The highest BCUT2D eigenvalue weighted by atomic mass is 32.1. The summed E-state index contributed by atoms with van der Waals surface area (Å²) in [4.78, 5) is 23.4. The van der Waals surface area contributed by atoms with Gasteiger partial charge in [0.1, 0.15) is 0 Å². The normalized spacial score (nSPS) is 20.2. The molecule has 2 aromatic rings. The first-order chi connectivity index (χ1) is 13.7. The van der Waals surface area contributed by atoms with E-state index in [9.17, 15) is 4.79 Å². The maximum Gasteiger partial charge on any atom is 0.255 e. The van der Waals surface area contributed by atoms with Gasteiger partial charge >= 0.3 is 0 Å². The number of hydrogen-bond donors (Lipinski definition) is 0. The molecule has 0 radical (unpaired) electrons. The van der Waals surface area contributed by atoms with Gasteiger partial charge in [0.15, 0.2) is 0 Å². The van der Waals surface area contributed by atoms with Crippen molar-refractivity contribution in [3.8, 4) is 0 Å². The van der Waals surface area contributed by atoms with Crippen molar-refractivity contribution >= 4 is 17.2 Å². The van der Waals surface area contributed by atoms with Crippen molar-refractivity contribution in [1.29, 1.82) is 0 Å². The maximum absolute atomic E-state index is 13.1. The van der Waals surface area contributed by atoms with E-state index in [2.05, 4.69) is 34.3 Å². The van der Waals surface area contributed by atoms with Gasteiger partial charge in [-0.3, -0.25) is 14.7 Å². The fraction of sp³-hybridized carbons (Fsp3) is 0.545. The topological polar surface area (TPSA) is 45.7 Å². The number of aryl methyl sites for hydroxylation is 1. The molecule has 2 aliphatic heterocycles. The van der Waals surface area contributed by atoms with Gasteiger partial charge in [-0.1, -0.05) is 13.0 Å². The van der Waals surface area contributed by atoms with Crippen molar-refractivity contribution in [2.24, 2.45) is 0 Å². The zero-order chi connectivity index (χ0) is 19.5. The van der Waals surface area contributed by atoms with Gasteiger partial charge < -0.3 is 9.64 Å². The average Bonchev–Trinajstić information content (AvgIpc) is 3.17. The highest BCUT2D eigenvalue weighted by molar-refractivity contribution is 7.10. The molecule has 1 amide bonds. The second kappa shape index (κ2) is 8.72. The predicted octanol–water partition coefficient (Wildman–Crippen LogP) is 3.51. The van der Waals surface area contributed by atoms with E-state index in [1.165, 1.54) is 16.0 Å². The summed E-state index contributed by atoms with van der Waals surface area (Å²) in [5, 5.41) is 2.07. The van der Waals surface area contributed by atoms with Crippen LogP contribution in [0.2, 0.25) is 0 Å². The van der Waals surface area contributed by atoms with E-state index >= 15 is 0 Å². The second-order valence-electron chi connectivity index (χ2n) is 7.77. The number of carbonyl (C=O) groups excluding carboxylic acids is 1. The summed E-state index contributed by atoms with van der Waals surface area (Å²) in [6.07, 6.45) is 6.19. The number of methoxy groups -OCH3 is 1. The molecule has 0 aromatic carbocycles. The number of nitrogens with zero attached hydrogens (tertiary/aromatic N) is 3. The molecule has 0 saturated carbocycles. The lowest BCUT2D eigenvalue weighted by Gasteiger charge is -2.32. The summed E-state index contributed by atoms with van der Waals surface area (Å²) >= 11 is 1.73. The van der Waals surface area contributed by atoms with Crippen LogP contribution < -0.4 is 0 Å². The second-order valence-corrected chi connectivity index (χ2v) is 8.74. The minimum atomic E-state index is 0.175. The zero-order valence-corrected chi connectivity index (χ0v) is 17.6. The molecule has 1 saturated heterocycles. The molecule has 1 fully saturated rings. The molecule has 4 heterocycles. The minimum Gasteiger partial charge on any atom is -0.380 e. The lowest BCUT2D eigenvalue weighted by atomic mass is 10.0. The van der Waals surface area contributed by atoms with Gasteiger partial charge in [0.25, 0.3) is 5.91 Å². The monoisotopic (exact) mass is 399 g/mol. The Kier molecular flexibility index (Phi) is 6.09. The number of likely N-dealkylation sites (tertiary alicyclic amines) is 1. The Labute approximate surface area is 171 Å². The van der Waals surface area contributed by atoms with Crippen LogP contribution in [0, 0.1) is 0 Å². The Bertz CT molecular complexity index is 818. The van der Waals surface area contributed by atoms with Gasteiger partial charge in [0.2, 0.25) is 0 Å². The van der Waals surface area contributed by atoms with Crippen molar-refractivity contribution in [1.82, 2.24) is 14.8 Å². The Morgan fingerprint density at radius 1 is 1.36 bits per heavy atom. The Balaban J connectivity index is 1.42. The summed E-state index contributed by atoms with van der Waals surface area (Å²) in [5.41, 5.74) is 4.58. The number of thiophene rings is 1. The van der Waals surface area contributed by atoms with Gasteiger partial charge in [-0.05, 0) is 42.9 Å². The molecule has 0 bridgehead atoms. The SMILES string of the molecule is CCc1ccc(CN2CCc3c(C(=O)N4CCC[C@H](OC)C4)csc3C2)nc1.